The summed E-state index contributed by atoms with van der Waals surface area (Å²) in [5.41, 5.74) is 1.83. The maximum Gasteiger partial charge on any atom is 0.251 e. The standard InChI is InChI=1S/C17H16ClNO/c18-15-10-8-14(9-11-15)17(20)19-16(13-6-7-13)12-4-2-1-3-5-12/h1-5,8-11,13,16H,6-7H2,(H,19,20)/t16-/m0/s1. The molecule has 3 heteroatoms. The third-order valence-corrected chi connectivity index (χ3v) is 3.90. The fourth-order valence-corrected chi connectivity index (χ4v) is 2.52. The SMILES string of the molecule is O=C(N[C@@H](c1ccccc1)C1CC1)c1ccc(Cl)cc1. The molecule has 0 unspecified atom stereocenters. The van der Waals surface area contributed by atoms with Crippen molar-refractivity contribution in [2.75, 3.05) is 0 Å². The Morgan fingerprint density at radius 2 is 1.70 bits per heavy atom. The first-order valence-electron chi connectivity index (χ1n) is 6.85. The number of amides is 1. The average Bonchev–Trinajstić information content (AvgIpc) is 3.31. The summed E-state index contributed by atoms with van der Waals surface area (Å²) in [6.45, 7) is 0. The molecule has 102 valence electrons. The third-order valence-electron chi connectivity index (χ3n) is 3.65. The van der Waals surface area contributed by atoms with Crippen molar-refractivity contribution < 1.29 is 4.79 Å². The number of hydrogen-bond donors (Lipinski definition) is 1. The molecule has 1 atom stereocenters. The van der Waals surface area contributed by atoms with Gasteiger partial charge in [0.05, 0.1) is 6.04 Å². The van der Waals surface area contributed by atoms with E-state index in [0.29, 0.717) is 16.5 Å². The van der Waals surface area contributed by atoms with E-state index in [9.17, 15) is 4.79 Å². The highest BCUT2D eigenvalue weighted by Gasteiger charge is 2.33. The molecule has 1 saturated carbocycles. The Morgan fingerprint density at radius 1 is 1.05 bits per heavy atom. The Balaban J connectivity index is 1.77. The van der Waals surface area contributed by atoms with Crippen LogP contribution in [0.1, 0.15) is 34.8 Å². The van der Waals surface area contributed by atoms with Crippen molar-refractivity contribution in [3.63, 3.8) is 0 Å². The van der Waals surface area contributed by atoms with Gasteiger partial charge in [0.15, 0.2) is 0 Å². The van der Waals surface area contributed by atoms with Gasteiger partial charge < -0.3 is 5.32 Å². The van der Waals surface area contributed by atoms with Gasteiger partial charge in [-0.1, -0.05) is 41.9 Å². The Kier molecular flexibility index (Phi) is 3.75. The Bertz CT molecular complexity index is 590. The maximum atomic E-state index is 12.3. The van der Waals surface area contributed by atoms with Crippen LogP contribution in [0.5, 0.6) is 0 Å². The summed E-state index contributed by atoms with van der Waals surface area (Å²) in [7, 11) is 0. The van der Waals surface area contributed by atoms with Gasteiger partial charge in [0, 0.05) is 10.6 Å². The van der Waals surface area contributed by atoms with E-state index in [1.165, 1.54) is 18.4 Å². The maximum absolute atomic E-state index is 12.3. The summed E-state index contributed by atoms with van der Waals surface area (Å²) in [6.07, 6.45) is 2.36. The molecule has 20 heavy (non-hydrogen) atoms. The Morgan fingerprint density at radius 3 is 2.30 bits per heavy atom. The van der Waals surface area contributed by atoms with Crippen molar-refractivity contribution in [1.82, 2.24) is 5.32 Å². The summed E-state index contributed by atoms with van der Waals surface area (Å²) in [6, 6.07) is 17.3. The van der Waals surface area contributed by atoms with Gasteiger partial charge in [-0.05, 0) is 48.6 Å². The van der Waals surface area contributed by atoms with Crippen LogP contribution in [0.25, 0.3) is 0 Å². The van der Waals surface area contributed by atoms with Crippen molar-refractivity contribution in [2.45, 2.75) is 18.9 Å². The van der Waals surface area contributed by atoms with Crippen LogP contribution >= 0.6 is 11.6 Å². The fraction of sp³-hybridized carbons (Fsp3) is 0.235. The van der Waals surface area contributed by atoms with Gasteiger partial charge in [-0.25, -0.2) is 0 Å². The second-order valence-corrected chi connectivity index (χ2v) is 5.64. The lowest BCUT2D eigenvalue weighted by Gasteiger charge is -2.19. The number of hydrogen-bond acceptors (Lipinski definition) is 1. The predicted molar refractivity (Wildman–Crippen MR) is 80.8 cm³/mol. The Hall–Kier alpha value is -1.80. The minimum Gasteiger partial charge on any atom is -0.345 e. The normalized spacial score (nSPS) is 15.7. The molecule has 3 rings (SSSR count). The van der Waals surface area contributed by atoms with Gasteiger partial charge in [-0.3, -0.25) is 4.79 Å². The lowest BCUT2D eigenvalue weighted by molar-refractivity contribution is 0.0931. The van der Waals surface area contributed by atoms with Gasteiger partial charge in [0.1, 0.15) is 0 Å². The molecule has 1 amide bonds. The number of halogens is 1. The lowest BCUT2D eigenvalue weighted by atomic mass is 10.0. The molecule has 0 radical (unpaired) electrons. The summed E-state index contributed by atoms with van der Waals surface area (Å²) in [5.74, 6) is 0.524. The largest absolute Gasteiger partial charge is 0.345 e. The van der Waals surface area contributed by atoms with E-state index in [0.717, 1.165) is 0 Å². The predicted octanol–water partition coefficient (Wildman–Crippen LogP) is 4.22. The molecule has 0 bridgehead atoms. The van der Waals surface area contributed by atoms with Crippen LogP contribution in [0, 0.1) is 5.92 Å². The third kappa shape index (κ3) is 3.02. The molecule has 0 aliphatic heterocycles. The minimum absolute atomic E-state index is 0.0394. The van der Waals surface area contributed by atoms with Crippen LogP contribution in [-0.2, 0) is 0 Å². The lowest BCUT2D eigenvalue weighted by Crippen LogP contribution is -2.29. The number of rotatable bonds is 4. The first-order chi connectivity index (χ1) is 9.74. The van der Waals surface area contributed by atoms with E-state index in [1.807, 2.05) is 18.2 Å². The van der Waals surface area contributed by atoms with Crippen LogP contribution in [0.15, 0.2) is 54.6 Å². The number of carbonyl (C=O) groups excluding carboxylic acids is 1. The van der Waals surface area contributed by atoms with Gasteiger partial charge in [0.2, 0.25) is 0 Å². The summed E-state index contributed by atoms with van der Waals surface area (Å²) in [5, 5.41) is 3.79. The van der Waals surface area contributed by atoms with Crippen LogP contribution in [0.2, 0.25) is 5.02 Å². The molecule has 1 aliphatic carbocycles. The highest BCUT2D eigenvalue weighted by molar-refractivity contribution is 6.30. The zero-order chi connectivity index (χ0) is 13.9. The van der Waals surface area contributed by atoms with Crippen LogP contribution in [0.4, 0.5) is 0 Å². The highest BCUT2D eigenvalue weighted by Crippen LogP contribution is 2.41. The highest BCUT2D eigenvalue weighted by atomic mass is 35.5. The van der Waals surface area contributed by atoms with E-state index in [1.54, 1.807) is 24.3 Å². The molecule has 2 aromatic rings. The summed E-state index contributed by atoms with van der Waals surface area (Å²) in [4.78, 5) is 12.3. The van der Waals surface area contributed by atoms with Crippen LogP contribution < -0.4 is 5.32 Å². The molecular weight excluding hydrogens is 270 g/mol. The van der Waals surface area contributed by atoms with Crippen molar-refractivity contribution in [2.24, 2.45) is 5.92 Å². The smallest absolute Gasteiger partial charge is 0.251 e. The quantitative estimate of drug-likeness (QED) is 0.895. The molecule has 0 saturated heterocycles. The molecule has 1 N–H and O–H groups in total. The summed E-state index contributed by atoms with van der Waals surface area (Å²) >= 11 is 5.85. The Labute approximate surface area is 123 Å². The molecule has 2 nitrogen and oxygen atoms in total. The average molecular weight is 286 g/mol. The minimum atomic E-state index is -0.0394. The van der Waals surface area contributed by atoms with E-state index in [2.05, 4.69) is 17.4 Å². The van der Waals surface area contributed by atoms with Crippen LogP contribution in [0.3, 0.4) is 0 Å². The number of nitrogens with one attached hydrogen (secondary N) is 1. The van der Waals surface area contributed by atoms with Crippen molar-refractivity contribution in [1.29, 1.82) is 0 Å². The van der Waals surface area contributed by atoms with Gasteiger partial charge in [-0.2, -0.15) is 0 Å². The van der Waals surface area contributed by atoms with E-state index in [4.69, 9.17) is 11.6 Å². The molecule has 0 spiro atoms. The molecular formula is C17H16ClNO. The second-order valence-electron chi connectivity index (χ2n) is 5.21. The number of carbonyl (C=O) groups is 1. The second kappa shape index (κ2) is 5.68. The molecule has 2 aromatic carbocycles. The zero-order valence-corrected chi connectivity index (χ0v) is 11.8. The molecule has 1 aliphatic rings. The molecule has 1 fully saturated rings. The van der Waals surface area contributed by atoms with E-state index < -0.39 is 0 Å². The van der Waals surface area contributed by atoms with Gasteiger partial charge in [0.25, 0.3) is 5.91 Å². The van der Waals surface area contributed by atoms with E-state index in [-0.39, 0.29) is 11.9 Å². The molecule has 0 aromatic heterocycles. The van der Waals surface area contributed by atoms with Gasteiger partial charge in [-0.15, -0.1) is 0 Å². The zero-order valence-electron chi connectivity index (χ0n) is 11.1. The first kappa shape index (κ1) is 13.2. The van der Waals surface area contributed by atoms with E-state index >= 15 is 0 Å². The molecule has 0 heterocycles. The van der Waals surface area contributed by atoms with Gasteiger partial charge >= 0.3 is 0 Å². The van der Waals surface area contributed by atoms with Crippen molar-refractivity contribution in [3.05, 3.63) is 70.7 Å². The topological polar surface area (TPSA) is 29.1 Å². The summed E-state index contributed by atoms with van der Waals surface area (Å²) < 4.78 is 0. The first-order valence-corrected chi connectivity index (χ1v) is 7.23. The fourth-order valence-electron chi connectivity index (χ4n) is 2.39. The van der Waals surface area contributed by atoms with Crippen LogP contribution in [-0.4, -0.2) is 5.91 Å². The van der Waals surface area contributed by atoms with Crippen molar-refractivity contribution >= 4 is 17.5 Å². The monoisotopic (exact) mass is 285 g/mol. The number of benzene rings is 2. The van der Waals surface area contributed by atoms with Crippen molar-refractivity contribution in [3.8, 4) is 0 Å².